The number of nitrogens with one attached hydrogen (secondary N) is 1. The van der Waals surface area contributed by atoms with E-state index in [4.69, 9.17) is 0 Å². The summed E-state index contributed by atoms with van der Waals surface area (Å²) >= 11 is 0. The minimum absolute atomic E-state index is 0.0337. The summed E-state index contributed by atoms with van der Waals surface area (Å²) in [4.78, 5) is 12.8. The molecule has 0 aromatic heterocycles. The van der Waals surface area contributed by atoms with E-state index in [1.807, 2.05) is 0 Å². The Morgan fingerprint density at radius 2 is 2.06 bits per heavy atom. The van der Waals surface area contributed by atoms with E-state index >= 15 is 0 Å². The van der Waals surface area contributed by atoms with E-state index in [2.05, 4.69) is 5.32 Å². The highest BCUT2D eigenvalue weighted by molar-refractivity contribution is 5.75. The molecule has 0 saturated heterocycles. The third-order valence-electron chi connectivity index (χ3n) is 2.31. The van der Waals surface area contributed by atoms with Crippen LogP contribution in [0.2, 0.25) is 0 Å². The molecule has 0 saturated carbocycles. The van der Waals surface area contributed by atoms with E-state index in [9.17, 15) is 13.6 Å². The second-order valence-corrected chi connectivity index (χ2v) is 3.94. The molecule has 1 aromatic carbocycles. The molecule has 0 radical (unpaired) electrons. The summed E-state index contributed by atoms with van der Waals surface area (Å²) in [5.41, 5.74) is 0.253. The number of amides is 1. The number of nitrogens with zero attached hydrogens (tertiary/aromatic N) is 1. The first-order valence-corrected chi connectivity index (χ1v) is 5.40. The highest BCUT2D eigenvalue weighted by Crippen LogP contribution is 2.14. The standard InChI is InChI=1S/C12H16F2N2O/c1-16(2)12(17)4-3-7-15-11-6-5-9(13)8-10(11)14/h5-6,8,15H,3-4,7H2,1-2H3. The summed E-state index contributed by atoms with van der Waals surface area (Å²) in [6.07, 6.45) is 1.01. The predicted molar refractivity (Wildman–Crippen MR) is 62.8 cm³/mol. The molecule has 1 amide bonds. The van der Waals surface area contributed by atoms with Crippen molar-refractivity contribution in [3.05, 3.63) is 29.8 Å². The van der Waals surface area contributed by atoms with Crippen LogP contribution in [0.5, 0.6) is 0 Å². The largest absolute Gasteiger partial charge is 0.383 e. The lowest BCUT2D eigenvalue weighted by Crippen LogP contribution is -2.22. The lowest BCUT2D eigenvalue weighted by atomic mass is 10.2. The van der Waals surface area contributed by atoms with Gasteiger partial charge < -0.3 is 10.2 Å². The van der Waals surface area contributed by atoms with Gasteiger partial charge in [-0.1, -0.05) is 0 Å². The van der Waals surface area contributed by atoms with Crippen LogP contribution in [-0.2, 0) is 4.79 Å². The van der Waals surface area contributed by atoms with E-state index < -0.39 is 11.6 Å². The Balaban J connectivity index is 2.34. The van der Waals surface area contributed by atoms with E-state index in [1.165, 1.54) is 17.0 Å². The van der Waals surface area contributed by atoms with E-state index in [-0.39, 0.29) is 11.6 Å². The number of carbonyl (C=O) groups excluding carboxylic acids is 1. The number of benzene rings is 1. The number of hydrogen-bond donors (Lipinski definition) is 1. The van der Waals surface area contributed by atoms with Gasteiger partial charge in [0.1, 0.15) is 11.6 Å². The Morgan fingerprint density at radius 1 is 1.35 bits per heavy atom. The van der Waals surface area contributed by atoms with Crippen LogP contribution in [0.15, 0.2) is 18.2 Å². The fraction of sp³-hybridized carbons (Fsp3) is 0.417. The molecule has 94 valence electrons. The second kappa shape index (κ2) is 6.18. The van der Waals surface area contributed by atoms with Crippen LogP contribution < -0.4 is 5.32 Å². The van der Waals surface area contributed by atoms with Crippen molar-refractivity contribution in [1.29, 1.82) is 0 Å². The molecule has 0 atom stereocenters. The molecule has 1 aromatic rings. The summed E-state index contributed by atoms with van der Waals surface area (Å²) < 4.78 is 25.8. The fourth-order valence-electron chi connectivity index (χ4n) is 1.32. The summed E-state index contributed by atoms with van der Waals surface area (Å²) in [5.74, 6) is -1.19. The number of rotatable bonds is 5. The zero-order valence-electron chi connectivity index (χ0n) is 9.96. The molecule has 0 spiro atoms. The van der Waals surface area contributed by atoms with Crippen molar-refractivity contribution in [3.63, 3.8) is 0 Å². The van der Waals surface area contributed by atoms with Gasteiger partial charge in [0.05, 0.1) is 5.69 Å². The Morgan fingerprint density at radius 3 is 2.65 bits per heavy atom. The van der Waals surface area contributed by atoms with E-state index in [0.29, 0.717) is 19.4 Å². The fourth-order valence-corrected chi connectivity index (χ4v) is 1.32. The molecule has 0 unspecified atom stereocenters. The summed E-state index contributed by atoms with van der Waals surface area (Å²) in [7, 11) is 3.38. The van der Waals surface area contributed by atoms with Crippen molar-refractivity contribution >= 4 is 11.6 Å². The Kier molecular flexibility index (Phi) is 4.87. The molecule has 17 heavy (non-hydrogen) atoms. The maximum Gasteiger partial charge on any atom is 0.222 e. The first-order chi connectivity index (χ1) is 8.00. The summed E-state index contributed by atoms with van der Waals surface area (Å²) in [5, 5.41) is 2.82. The van der Waals surface area contributed by atoms with Gasteiger partial charge in [-0.05, 0) is 18.6 Å². The van der Waals surface area contributed by atoms with Crippen molar-refractivity contribution < 1.29 is 13.6 Å². The summed E-state index contributed by atoms with van der Waals surface area (Å²) in [6.45, 7) is 0.474. The van der Waals surface area contributed by atoms with Gasteiger partial charge in [0, 0.05) is 33.1 Å². The van der Waals surface area contributed by atoms with Gasteiger partial charge in [0.25, 0.3) is 0 Å². The second-order valence-electron chi connectivity index (χ2n) is 3.94. The third kappa shape index (κ3) is 4.38. The van der Waals surface area contributed by atoms with Crippen LogP contribution in [-0.4, -0.2) is 31.4 Å². The van der Waals surface area contributed by atoms with Crippen LogP contribution in [0.1, 0.15) is 12.8 Å². The Labute approximate surface area is 99.4 Å². The molecular weight excluding hydrogens is 226 g/mol. The molecule has 1 rings (SSSR count). The molecule has 0 aliphatic rings. The maximum atomic E-state index is 13.2. The zero-order valence-corrected chi connectivity index (χ0v) is 9.96. The van der Waals surface area contributed by atoms with Crippen LogP contribution in [0.3, 0.4) is 0 Å². The van der Waals surface area contributed by atoms with Crippen LogP contribution in [0.4, 0.5) is 14.5 Å². The van der Waals surface area contributed by atoms with Gasteiger partial charge in [-0.25, -0.2) is 8.78 Å². The SMILES string of the molecule is CN(C)C(=O)CCCNc1ccc(F)cc1F. The van der Waals surface area contributed by atoms with Crippen molar-refractivity contribution in [2.45, 2.75) is 12.8 Å². The molecule has 0 bridgehead atoms. The number of halogens is 2. The molecular formula is C12H16F2N2O. The van der Waals surface area contributed by atoms with E-state index in [1.54, 1.807) is 14.1 Å². The van der Waals surface area contributed by atoms with Gasteiger partial charge >= 0.3 is 0 Å². The minimum atomic E-state index is -0.621. The minimum Gasteiger partial charge on any atom is -0.383 e. The van der Waals surface area contributed by atoms with Crippen LogP contribution in [0, 0.1) is 11.6 Å². The quantitative estimate of drug-likeness (QED) is 0.803. The van der Waals surface area contributed by atoms with E-state index in [0.717, 1.165) is 6.07 Å². The normalized spacial score (nSPS) is 10.1. The van der Waals surface area contributed by atoms with Gasteiger partial charge in [-0.15, -0.1) is 0 Å². The molecule has 0 fully saturated rings. The molecule has 1 N–H and O–H groups in total. The smallest absolute Gasteiger partial charge is 0.222 e. The van der Waals surface area contributed by atoms with Gasteiger partial charge in [0.2, 0.25) is 5.91 Å². The number of anilines is 1. The molecule has 0 heterocycles. The zero-order chi connectivity index (χ0) is 12.8. The maximum absolute atomic E-state index is 13.2. The molecule has 5 heteroatoms. The average molecular weight is 242 g/mol. The van der Waals surface area contributed by atoms with Crippen molar-refractivity contribution in [2.75, 3.05) is 26.0 Å². The molecule has 0 aliphatic carbocycles. The molecule has 0 aliphatic heterocycles. The van der Waals surface area contributed by atoms with Gasteiger partial charge in [-0.3, -0.25) is 4.79 Å². The lowest BCUT2D eigenvalue weighted by molar-refractivity contribution is -0.128. The van der Waals surface area contributed by atoms with Gasteiger partial charge in [-0.2, -0.15) is 0 Å². The topological polar surface area (TPSA) is 32.3 Å². The average Bonchev–Trinajstić information content (AvgIpc) is 2.26. The third-order valence-corrected chi connectivity index (χ3v) is 2.31. The van der Waals surface area contributed by atoms with Gasteiger partial charge in [0.15, 0.2) is 0 Å². The first-order valence-electron chi connectivity index (χ1n) is 5.40. The van der Waals surface area contributed by atoms with Crippen LogP contribution >= 0.6 is 0 Å². The van der Waals surface area contributed by atoms with Crippen LogP contribution in [0.25, 0.3) is 0 Å². The van der Waals surface area contributed by atoms with Crippen molar-refractivity contribution in [3.8, 4) is 0 Å². The predicted octanol–water partition coefficient (Wildman–Crippen LogP) is 2.25. The first kappa shape index (κ1) is 13.4. The van der Waals surface area contributed by atoms with Crippen molar-refractivity contribution in [1.82, 2.24) is 4.90 Å². The highest BCUT2D eigenvalue weighted by atomic mass is 19.1. The Hall–Kier alpha value is -1.65. The van der Waals surface area contributed by atoms with Crippen molar-refractivity contribution in [2.24, 2.45) is 0 Å². The number of hydrogen-bond acceptors (Lipinski definition) is 2. The Bertz CT molecular complexity index is 394. The molecule has 3 nitrogen and oxygen atoms in total. The highest BCUT2D eigenvalue weighted by Gasteiger charge is 2.05. The summed E-state index contributed by atoms with van der Waals surface area (Å²) in [6, 6.07) is 3.36. The number of carbonyl (C=O) groups is 1. The monoisotopic (exact) mass is 242 g/mol. The lowest BCUT2D eigenvalue weighted by Gasteiger charge is -2.11.